The number of aliphatic hydroxyl groups excluding tert-OH is 1. The lowest BCUT2D eigenvalue weighted by Crippen LogP contribution is -2.06. The van der Waals surface area contributed by atoms with Gasteiger partial charge < -0.3 is 14.3 Å². The number of aliphatic hydroxyl groups is 1. The summed E-state index contributed by atoms with van der Waals surface area (Å²) in [5.41, 5.74) is -0.335. The Kier molecular flexibility index (Phi) is 2.36. The highest BCUT2D eigenvalue weighted by Crippen LogP contribution is 2.26. The van der Waals surface area contributed by atoms with E-state index in [2.05, 4.69) is 0 Å². The predicted molar refractivity (Wildman–Crippen MR) is 53.1 cm³/mol. The first-order chi connectivity index (χ1) is 7.59. The van der Waals surface area contributed by atoms with Crippen LogP contribution in [0, 0.1) is 0 Å². The number of esters is 1. The second-order valence-corrected chi connectivity index (χ2v) is 3.19. The molecule has 2 rings (SSSR count). The molecule has 0 spiro atoms. The molecule has 16 heavy (non-hydrogen) atoms. The van der Waals surface area contributed by atoms with Gasteiger partial charge in [-0.3, -0.25) is 4.79 Å². The fraction of sp³-hybridized carbons (Fsp3) is 0.0909. The first-order valence-electron chi connectivity index (χ1n) is 4.51. The van der Waals surface area contributed by atoms with Gasteiger partial charge >= 0.3 is 5.97 Å². The molecule has 0 aliphatic carbocycles. The van der Waals surface area contributed by atoms with Crippen molar-refractivity contribution in [2.24, 2.45) is 0 Å². The van der Waals surface area contributed by atoms with Crippen LogP contribution in [0.5, 0.6) is 0 Å². The highest BCUT2D eigenvalue weighted by atomic mass is 16.6. The van der Waals surface area contributed by atoms with Gasteiger partial charge in [-0.1, -0.05) is 0 Å². The molecule has 0 amide bonds. The Labute approximate surface area is 90.6 Å². The predicted octanol–water partition coefficient (Wildman–Crippen LogP) is 1.58. The first-order valence-corrected chi connectivity index (χ1v) is 4.51. The normalized spacial score (nSPS) is 18.1. The Morgan fingerprint density at radius 3 is 2.75 bits per heavy atom. The fourth-order valence-corrected chi connectivity index (χ4v) is 1.33. The summed E-state index contributed by atoms with van der Waals surface area (Å²) < 4.78 is 9.73. The molecular weight excluding hydrogens is 212 g/mol. The maximum absolute atomic E-state index is 11.2. The SMILES string of the molecule is CC(=O)C1=C(O)C(=Cc2ccco2)OC1=O. The van der Waals surface area contributed by atoms with Crippen LogP contribution < -0.4 is 0 Å². The quantitative estimate of drug-likeness (QED) is 0.604. The summed E-state index contributed by atoms with van der Waals surface area (Å²) in [4.78, 5) is 22.3. The van der Waals surface area contributed by atoms with Crippen LogP contribution in [-0.4, -0.2) is 16.9 Å². The number of cyclic esters (lactones) is 1. The first kappa shape index (κ1) is 10.2. The largest absolute Gasteiger partial charge is 0.504 e. The van der Waals surface area contributed by atoms with Crippen molar-refractivity contribution in [3.63, 3.8) is 0 Å². The van der Waals surface area contributed by atoms with Crippen LogP contribution in [0.1, 0.15) is 12.7 Å². The van der Waals surface area contributed by atoms with E-state index in [0.29, 0.717) is 5.76 Å². The lowest BCUT2D eigenvalue weighted by Gasteiger charge is -1.95. The van der Waals surface area contributed by atoms with Gasteiger partial charge in [0.2, 0.25) is 0 Å². The smallest absolute Gasteiger partial charge is 0.351 e. The molecule has 0 aromatic carbocycles. The van der Waals surface area contributed by atoms with Crippen molar-refractivity contribution in [1.29, 1.82) is 0 Å². The van der Waals surface area contributed by atoms with Crippen molar-refractivity contribution in [2.45, 2.75) is 6.92 Å². The molecule has 1 N–H and O–H groups in total. The summed E-state index contributed by atoms with van der Waals surface area (Å²) in [5, 5.41) is 9.59. The maximum atomic E-state index is 11.2. The molecule has 1 aliphatic rings. The number of rotatable bonds is 2. The molecule has 0 bridgehead atoms. The molecule has 1 aliphatic heterocycles. The molecule has 0 saturated heterocycles. The molecule has 0 saturated carbocycles. The Morgan fingerprint density at radius 1 is 1.50 bits per heavy atom. The fourth-order valence-electron chi connectivity index (χ4n) is 1.33. The monoisotopic (exact) mass is 220 g/mol. The van der Waals surface area contributed by atoms with Crippen LogP contribution in [0.15, 0.2) is 39.9 Å². The van der Waals surface area contributed by atoms with E-state index >= 15 is 0 Å². The Bertz CT molecular complexity index is 504. The van der Waals surface area contributed by atoms with E-state index in [1.807, 2.05) is 0 Å². The van der Waals surface area contributed by atoms with E-state index in [-0.39, 0.29) is 11.3 Å². The molecular formula is C11H8O5. The highest BCUT2D eigenvalue weighted by molar-refractivity contribution is 6.19. The lowest BCUT2D eigenvalue weighted by molar-refractivity contribution is -0.134. The van der Waals surface area contributed by atoms with Crippen molar-refractivity contribution < 1.29 is 23.8 Å². The van der Waals surface area contributed by atoms with Crippen molar-refractivity contribution in [3.05, 3.63) is 41.2 Å². The average Bonchev–Trinajstić information content (AvgIpc) is 2.76. The highest BCUT2D eigenvalue weighted by Gasteiger charge is 2.33. The molecule has 2 heterocycles. The molecule has 5 nitrogen and oxygen atoms in total. The second-order valence-electron chi connectivity index (χ2n) is 3.19. The van der Waals surface area contributed by atoms with Crippen molar-refractivity contribution in [2.75, 3.05) is 0 Å². The Hall–Kier alpha value is -2.30. The summed E-state index contributed by atoms with van der Waals surface area (Å²) in [6.07, 6.45) is 2.78. The number of Topliss-reactive ketones (excluding diaryl/α,β-unsaturated/α-hetero) is 1. The number of ether oxygens (including phenoxy) is 1. The summed E-state index contributed by atoms with van der Waals surface area (Å²) >= 11 is 0. The standard InChI is InChI=1S/C11H8O5/c1-6(12)9-10(13)8(16-11(9)14)5-7-3-2-4-15-7/h2-5,13H,1H3. The third kappa shape index (κ3) is 1.63. The zero-order chi connectivity index (χ0) is 11.7. The van der Waals surface area contributed by atoms with Crippen molar-refractivity contribution >= 4 is 17.8 Å². The number of carbonyl (C=O) groups is 2. The minimum Gasteiger partial charge on any atom is -0.504 e. The lowest BCUT2D eigenvalue weighted by atomic mass is 10.1. The third-order valence-electron chi connectivity index (χ3n) is 2.05. The molecule has 1 aromatic rings. The average molecular weight is 220 g/mol. The van der Waals surface area contributed by atoms with Crippen LogP contribution in [0.2, 0.25) is 0 Å². The molecule has 0 unspecified atom stereocenters. The number of ketones is 1. The Morgan fingerprint density at radius 2 is 2.25 bits per heavy atom. The molecule has 0 fully saturated rings. The van der Waals surface area contributed by atoms with Crippen LogP contribution in [-0.2, 0) is 14.3 Å². The minimum absolute atomic E-state index is 0.0786. The molecule has 0 atom stereocenters. The van der Waals surface area contributed by atoms with E-state index in [4.69, 9.17) is 9.15 Å². The summed E-state index contributed by atoms with van der Waals surface area (Å²) in [6.45, 7) is 1.18. The van der Waals surface area contributed by atoms with E-state index in [1.165, 1.54) is 19.3 Å². The zero-order valence-corrected chi connectivity index (χ0v) is 8.39. The Balaban J connectivity index is 2.41. The number of hydrogen-bond acceptors (Lipinski definition) is 5. The van der Waals surface area contributed by atoms with Gasteiger partial charge in [0, 0.05) is 6.08 Å². The summed E-state index contributed by atoms with van der Waals surface area (Å²) in [5.74, 6) is -1.49. The minimum atomic E-state index is -0.845. The van der Waals surface area contributed by atoms with Crippen LogP contribution >= 0.6 is 0 Å². The molecule has 82 valence electrons. The van der Waals surface area contributed by atoms with E-state index < -0.39 is 17.5 Å². The van der Waals surface area contributed by atoms with Gasteiger partial charge in [-0.2, -0.15) is 0 Å². The van der Waals surface area contributed by atoms with E-state index in [9.17, 15) is 14.7 Å². The summed E-state index contributed by atoms with van der Waals surface area (Å²) in [7, 11) is 0. The van der Waals surface area contributed by atoms with Gasteiger partial charge in [0.05, 0.1) is 6.26 Å². The third-order valence-corrected chi connectivity index (χ3v) is 2.05. The van der Waals surface area contributed by atoms with Gasteiger partial charge in [-0.25, -0.2) is 4.79 Å². The number of carbonyl (C=O) groups excluding carboxylic acids is 2. The van der Waals surface area contributed by atoms with E-state index in [0.717, 1.165) is 0 Å². The van der Waals surface area contributed by atoms with Crippen LogP contribution in [0.4, 0.5) is 0 Å². The van der Waals surface area contributed by atoms with Crippen LogP contribution in [0.3, 0.4) is 0 Å². The molecule has 1 aromatic heterocycles. The number of furan rings is 1. The van der Waals surface area contributed by atoms with Gasteiger partial charge in [-0.15, -0.1) is 0 Å². The van der Waals surface area contributed by atoms with Crippen LogP contribution in [0.25, 0.3) is 6.08 Å². The number of hydrogen-bond donors (Lipinski definition) is 1. The van der Waals surface area contributed by atoms with Crippen molar-refractivity contribution in [1.82, 2.24) is 0 Å². The summed E-state index contributed by atoms with van der Waals surface area (Å²) in [6, 6.07) is 3.27. The van der Waals surface area contributed by atoms with Gasteiger partial charge in [-0.05, 0) is 19.1 Å². The zero-order valence-electron chi connectivity index (χ0n) is 8.39. The molecule has 0 radical (unpaired) electrons. The maximum Gasteiger partial charge on any atom is 0.351 e. The second kappa shape index (κ2) is 3.69. The van der Waals surface area contributed by atoms with Gasteiger partial charge in [0.25, 0.3) is 0 Å². The molecule has 5 heteroatoms. The topological polar surface area (TPSA) is 76.7 Å². The van der Waals surface area contributed by atoms with E-state index in [1.54, 1.807) is 12.1 Å². The van der Waals surface area contributed by atoms with Gasteiger partial charge in [0.1, 0.15) is 11.3 Å². The van der Waals surface area contributed by atoms with Gasteiger partial charge in [0.15, 0.2) is 17.3 Å². The van der Waals surface area contributed by atoms with Crippen molar-refractivity contribution in [3.8, 4) is 0 Å².